The number of carbonyl (C=O) groups is 1. The van der Waals surface area contributed by atoms with Crippen molar-refractivity contribution in [2.24, 2.45) is 5.92 Å². The van der Waals surface area contributed by atoms with E-state index in [2.05, 4.69) is 22.5 Å². The Balaban J connectivity index is 2.06. The van der Waals surface area contributed by atoms with Crippen LogP contribution in [0.1, 0.15) is 42.7 Å². The van der Waals surface area contributed by atoms with E-state index in [1.165, 1.54) is 0 Å². The molecule has 1 aliphatic heterocycles. The van der Waals surface area contributed by atoms with Gasteiger partial charge >= 0.3 is 0 Å². The first kappa shape index (κ1) is 15.8. The summed E-state index contributed by atoms with van der Waals surface area (Å²) in [7, 11) is 0. The van der Waals surface area contributed by atoms with Gasteiger partial charge in [0.2, 0.25) is 0 Å². The lowest BCUT2D eigenvalue weighted by Gasteiger charge is -2.20. The van der Waals surface area contributed by atoms with Crippen LogP contribution in [-0.4, -0.2) is 36.7 Å². The Morgan fingerprint density at radius 1 is 1.57 bits per heavy atom. The van der Waals surface area contributed by atoms with Gasteiger partial charge in [0.15, 0.2) is 0 Å². The molecule has 0 bridgehead atoms. The minimum atomic E-state index is -0.0690. The molecule has 0 aliphatic carbocycles. The standard InChI is InChI=1S/C16H25N3O2/c1-4-6-17-15-8-11(2)18-9-14(15)16(20)19-12(3)13-5-7-21-10-13/h8-9,12-13H,4-7,10H2,1-3H3,(H,17,18)(H,19,20). The van der Waals surface area contributed by atoms with Crippen LogP contribution in [0.5, 0.6) is 0 Å². The van der Waals surface area contributed by atoms with Crippen LogP contribution in [0.3, 0.4) is 0 Å². The molecule has 2 atom stereocenters. The Bertz CT molecular complexity index is 484. The highest BCUT2D eigenvalue weighted by atomic mass is 16.5. The van der Waals surface area contributed by atoms with E-state index >= 15 is 0 Å². The van der Waals surface area contributed by atoms with E-state index in [1.54, 1.807) is 6.20 Å². The van der Waals surface area contributed by atoms with E-state index in [4.69, 9.17) is 4.74 Å². The minimum absolute atomic E-state index is 0.0690. The lowest BCUT2D eigenvalue weighted by molar-refractivity contribution is 0.0922. The summed E-state index contributed by atoms with van der Waals surface area (Å²) in [6.07, 6.45) is 3.67. The van der Waals surface area contributed by atoms with Gasteiger partial charge in [-0.2, -0.15) is 0 Å². The summed E-state index contributed by atoms with van der Waals surface area (Å²) < 4.78 is 5.38. The maximum absolute atomic E-state index is 12.5. The summed E-state index contributed by atoms with van der Waals surface area (Å²) in [4.78, 5) is 16.7. The molecule has 2 unspecified atom stereocenters. The van der Waals surface area contributed by atoms with Crippen molar-refractivity contribution in [1.29, 1.82) is 0 Å². The number of nitrogens with one attached hydrogen (secondary N) is 2. The van der Waals surface area contributed by atoms with Crippen molar-refractivity contribution in [2.75, 3.05) is 25.1 Å². The van der Waals surface area contributed by atoms with Crippen molar-refractivity contribution in [3.05, 3.63) is 23.5 Å². The fourth-order valence-corrected chi connectivity index (χ4v) is 2.50. The number of ether oxygens (including phenoxy) is 1. The second-order valence-corrected chi connectivity index (χ2v) is 5.68. The molecule has 0 saturated carbocycles. The fourth-order valence-electron chi connectivity index (χ4n) is 2.50. The number of amides is 1. The highest BCUT2D eigenvalue weighted by Crippen LogP contribution is 2.19. The van der Waals surface area contributed by atoms with Gasteiger partial charge in [-0.3, -0.25) is 9.78 Å². The number of hydrogen-bond acceptors (Lipinski definition) is 4. The molecule has 1 amide bonds. The Labute approximate surface area is 126 Å². The largest absolute Gasteiger partial charge is 0.384 e. The van der Waals surface area contributed by atoms with Crippen molar-refractivity contribution >= 4 is 11.6 Å². The lowest BCUT2D eigenvalue weighted by atomic mass is 10.0. The highest BCUT2D eigenvalue weighted by Gasteiger charge is 2.24. The third-order valence-corrected chi connectivity index (χ3v) is 3.88. The molecule has 1 aliphatic rings. The highest BCUT2D eigenvalue weighted by molar-refractivity contribution is 5.99. The fraction of sp³-hybridized carbons (Fsp3) is 0.625. The molecule has 5 nitrogen and oxygen atoms in total. The normalized spacial score (nSPS) is 19.3. The van der Waals surface area contributed by atoms with Crippen LogP contribution in [-0.2, 0) is 4.74 Å². The maximum atomic E-state index is 12.5. The molecule has 0 aromatic carbocycles. The minimum Gasteiger partial charge on any atom is -0.384 e. The molecule has 2 heterocycles. The first-order valence-corrected chi connectivity index (χ1v) is 7.71. The Morgan fingerprint density at radius 2 is 2.38 bits per heavy atom. The Hall–Kier alpha value is -1.62. The molecular weight excluding hydrogens is 266 g/mol. The number of carbonyl (C=O) groups excluding carboxylic acids is 1. The van der Waals surface area contributed by atoms with Crippen LogP contribution in [0, 0.1) is 12.8 Å². The topological polar surface area (TPSA) is 63.2 Å². The van der Waals surface area contributed by atoms with Gasteiger partial charge in [0, 0.05) is 37.0 Å². The molecule has 116 valence electrons. The quantitative estimate of drug-likeness (QED) is 0.844. The summed E-state index contributed by atoms with van der Waals surface area (Å²) in [5.41, 5.74) is 2.37. The second kappa shape index (κ2) is 7.41. The summed E-state index contributed by atoms with van der Waals surface area (Å²) in [6.45, 7) is 8.43. The van der Waals surface area contributed by atoms with E-state index in [0.29, 0.717) is 11.5 Å². The molecule has 2 N–H and O–H groups in total. The second-order valence-electron chi connectivity index (χ2n) is 5.68. The molecule has 21 heavy (non-hydrogen) atoms. The molecule has 1 aromatic heterocycles. The molecule has 1 saturated heterocycles. The van der Waals surface area contributed by atoms with Crippen molar-refractivity contribution in [3.8, 4) is 0 Å². The molecule has 0 spiro atoms. The molecule has 5 heteroatoms. The van der Waals surface area contributed by atoms with Crippen LogP contribution in [0.4, 0.5) is 5.69 Å². The van der Waals surface area contributed by atoms with Gasteiger partial charge in [-0.25, -0.2) is 0 Å². The van der Waals surface area contributed by atoms with Crippen LogP contribution in [0.2, 0.25) is 0 Å². The average Bonchev–Trinajstić information content (AvgIpc) is 2.99. The average molecular weight is 291 g/mol. The molecule has 0 radical (unpaired) electrons. The smallest absolute Gasteiger partial charge is 0.255 e. The Kier molecular flexibility index (Phi) is 5.56. The van der Waals surface area contributed by atoms with Crippen LogP contribution in [0.25, 0.3) is 0 Å². The number of aromatic nitrogens is 1. The zero-order valence-corrected chi connectivity index (χ0v) is 13.1. The predicted molar refractivity (Wildman–Crippen MR) is 83.6 cm³/mol. The van der Waals surface area contributed by atoms with Gasteiger partial charge in [-0.1, -0.05) is 6.92 Å². The van der Waals surface area contributed by atoms with Crippen molar-refractivity contribution < 1.29 is 9.53 Å². The summed E-state index contributed by atoms with van der Waals surface area (Å²) in [6, 6.07) is 2.04. The van der Waals surface area contributed by atoms with Gasteiger partial charge < -0.3 is 15.4 Å². The van der Waals surface area contributed by atoms with E-state index in [-0.39, 0.29) is 11.9 Å². The van der Waals surface area contributed by atoms with Crippen molar-refractivity contribution in [2.45, 2.75) is 39.7 Å². The molecular formula is C16H25N3O2. The third-order valence-electron chi connectivity index (χ3n) is 3.88. The zero-order valence-electron chi connectivity index (χ0n) is 13.1. The SMILES string of the molecule is CCCNc1cc(C)ncc1C(=O)NC(C)C1CCOC1. The number of pyridine rings is 1. The number of rotatable bonds is 6. The lowest BCUT2D eigenvalue weighted by Crippen LogP contribution is -2.38. The van der Waals surface area contributed by atoms with Crippen molar-refractivity contribution in [1.82, 2.24) is 10.3 Å². The molecule has 1 aromatic rings. The maximum Gasteiger partial charge on any atom is 0.255 e. The van der Waals surface area contributed by atoms with Gasteiger partial charge in [0.1, 0.15) is 0 Å². The van der Waals surface area contributed by atoms with Gasteiger partial charge in [0.25, 0.3) is 5.91 Å². The van der Waals surface area contributed by atoms with Gasteiger partial charge in [-0.15, -0.1) is 0 Å². The monoisotopic (exact) mass is 291 g/mol. The summed E-state index contributed by atoms with van der Waals surface area (Å²) in [5.74, 6) is 0.333. The van der Waals surface area contributed by atoms with E-state index in [1.807, 2.05) is 19.9 Å². The zero-order chi connectivity index (χ0) is 15.2. The van der Waals surface area contributed by atoms with Crippen LogP contribution >= 0.6 is 0 Å². The number of anilines is 1. The van der Waals surface area contributed by atoms with E-state index in [0.717, 1.165) is 44.0 Å². The van der Waals surface area contributed by atoms with Gasteiger partial charge in [0.05, 0.1) is 17.9 Å². The number of nitrogens with zero attached hydrogens (tertiary/aromatic N) is 1. The van der Waals surface area contributed by atoms with Crippen LogP contribution < -0.4 is 10.6 Å². The summed E-state index contributed by atoms with van der Waals surface area (Å²) >= 11 is 0. The first-order valence-electron chi connectivity index (χ1n) is 7.71. The molecule has 1 fully saturated rings. The summed E-state index contributed by atoms with van der Waals surface area (Å²) in [5, 5.41) is 6.38. The predicted octanol–water partition coefficient (Wildman–Crippen LogP) is 2.37. The Morgan fingerprint density at radius 3 is 3.05 bits per heavy atom. The number of hydrogen-bond donors (Lipinski definition) is 2. The third kappa shape index (κ3) is 4.17. The van der Waals surface area contributed by atoms with Gasteiger partial charge in [-0.05, 0) is 32.8 Å². The van der Waals surface area contributed by atoms with E-state index < -0.39 is 0 Å². The van der Waals surface area contributed by atoms with Crippen molar-refractivity contribution in [3.63, 3.8) is 0 Å². The van der Waals surface area contributed by atoms with Crippen LogP contribution in [0.15, 0.2) is 12.3 Å². The van der Waals surface area contributed by atoms with E-state index in [9.17, 15) is 4.79 Å². The number of aryl methyl sites for hydroxylation is 1. The first-order chi connectivity index (χ1) is 10.1. The molecule has 2 rings (SSSR count).